The molecule has 6 nitrogen and oxygen atoms in total. The van der Waals surface area contributed by atoms with Gasteiger partial charge < -0.3 is 15.5 Å². The van der Waals surface area contributed by atoms with E-state index in [-0.39, 0.29) is 5.91 Å². The average molecular weight is 305 g/mol. The van der Waals surface area contributed by atoms with Crippen molar-refractivity contribution in [3.8, 4) is 0 Å². The number of carbonyl (C=O) groups is 1. The highest BCUT2D eigenvalue weighted by atomic mass is 16.1. The van der Waals surface area contributed by atoms with Crippen LogP contribution in [-0.4, -0.2) is 60.4 Å². The highest BCUT2D eigenvalue weighted by Crippen LogP contribution is 2.23. The van der Waals surface area contributed by atoms with Gasteiger partial charge in [0, 0.05) is 26.3 Å². The van der Waals surface area contributed by atoms with Gasteiger partial charge in [-0.3, -0.25) is 9.48 Å². The van der Waals surface area contributed by atoms with E-state index in [4.69, 9.17) is 0 Å². The first kappa shape index (κ1) is 15.5. The second-order valence-corrected chi connectivity index (χ2v) is 6.51. The fraction of sp³-hybridized carbons (Fsp3) is 0.750. The van der Waals surface area contributed by atoms with Crippen LogP contribution in [0.1, 0.15) is 42.2 Å². The molecule has 6 heteroatoms. The summed E-state index contributed by atoms with van der Waals surface area (Å²) < 4.78 is 1.99. The van der Waals surface area contributed by atoms with Crippen LogP contribution in [0.2, 0.25) is 0 Å². The third-order valence-electron chi connectivity index (χ3n) is 4.90. The molecule has 0 spiro atoms. The van der Waals surface area contributed by atoms with Crippen molar-refractivity contribution in [3.63, 3.8) is 0 Å². The maximum absolute atomic E-state index is 11.6. The molecular formula is C16H27N5O. The van der Waals surface area contributed by atoms with Crippen LogP contribution in [0.3, 0.4) is 0 Å². The highest BCUT2D eigenvalue weighted by Gasteiger charge is 2.25. The zero-order valence-corrected chi connectivity index (χ0v) is 13.4. The van der Waals surface area contributed by atoms with Crippen molar-refractivity contribution in [1.82, 2.24) is 25.3 Å². The minimum atomic E-state index is -0.110. The van der Waals surface area contributed by atoms with Gasteiger partial charge in [-0.05, 0) is 57.3 Å². The summed E-state index contributed by atoms with van der Waals surface area (Å²) >= 11 is 0. The van der Waals surface area contributed by atoms with Crippen molar-refractivity contribution in [2.75, 3.05) is 39.8 Å². The number of rotatable bonds is 4. The molecule has 1 aromatic heterocycles. The monoisotopic (exact) mass is 305 g/mol. The molecule has 1 unspecified atom stereocenters. The number of carbonyl (C=O) groups excluding carboxylic acids is 1. The number of nitrogens with one attached hydrogen (secondary N) is 2. The molecule has 3 rings (SSSR count). The van der Waals surface area contributed by atoms with Gasteiger partial charge in [-0.25, -0.2) is 0 Å². The Morgan fingerprint density at radius 1 is 1.41 bits per heavy atom. The van der Waals surface area contributed by atoms with Crippen molar-refractivity contribution in [1.29, 1.82) is 0 Å². The van der Waals surface area contributed by atoms with Gasteiger partial charge in [-0.2, -0.15) is 5.10 Å². The Hall–Kier alpha value is -1.40. The first-order valence-corrected chi connectivity index (χ1v) is 8.46. The van der Waals surface area contributed by atoms with Gasteiger partial charge in [-0.15, -0.1) is 0 Å². The largest absolute Gasteiger partial charge is 0.354 e. The highest BCUT2D eigenvalue weighted by molar-refractivity contribution is 5.91. The summed E-state index contributed by atoms with van der Waals surface area (Å²) in [6.07, 6.45) is 6.90. The molecule has 22 heavy (non-hydrogen) atoms. The van der Waals surface area contributed by atoms with Crippen LogP contribution in [0.5, 0.6) is 0 Å². The van der Waals surface area contributed by atoms with E-state index in [1.165, 1.54) is 32.4 Å². The molecule has 2 aliphatic rings. The first-order chi connectivity index (χ1) is 10.8. The number of hydrogen-bond acceptors (Lipinski definition) is 4. The molecule has 2 N–H and O–H groups in total. The summed E-state index contributed by atoms with van der Waals surface area (Å²) in [4.78, 5) is 14.2. The third-order valence-corrected chi connectivity index (χ3v) is 4.90. The van der Waals surface area contributed by atoms with Crippen molar-refractivity contribution in [2.24, 2.45) is 5.92 Å². The van der Waals surface area contributed by atoms with Crippen molar-refractivity contribution >= 4 is 5.91 Å². The van der Waals surface area contributed by atoms with Crippen molar-refractivity contribution in [2.45, 2.75) is 31.7 Å². The molecule has 0 aliphatic carbocycles. The van der Waals surface area contributed by atoms with E-state index in [1.54, 1.807) is 7.05 Å². The number of aromatic nitrogens is 2. The lowest BCUT2D eigenvalue weighted by Crippen LogP contribution is -2.42. The van der Waals surface area contributed by atoms with Gasteiger partial charge in [-0.1, -0.05) is 0 Å². The van der Waals surface area contributed by atoms with Crippen LogP contribution in [0.15, 0.2) is 12.3 Å². The van der Waals surface area contributed by atoms with E-state index < -0.39 is 0 Å². The molecule has 0 bridgehead atoms. The van der Waals surface area contributed by atoms with Crippen molar-refractivity contribution < 1.29 is 4.79 Å². The SMILES string of the molecule is CNC(=O)c1ccn(C2CCCN(CC3CCNCC3)C2)n1. The van der Waals surface area contributed by atoms with Crippen LogP contribution >= 0.6 is 0 Å². The Balaban J connectivity index is 1.57. The molecule has 0 aromatic carbocycles. The lowest BCUT2D eigenvalue weighted by atomic mass is 9.96. The summed E-state index contributed by atoms with van der Waals surface area (Å²) in [6.45, 7) is 5.79. The predicted molar refractivity (Wildman–Crippen MR) is 85.9 cm³/mol. The Labute approximate surface area is 132 Å². The van der Waals surface area contributed by atoms with Gasteiger partial charge in [0.05, 0.1) is 6.04 Å². The summed E-state index contributed by atoms with van der Waals surface area (Å²) in [5.74, 6) is 0.722. The maximum Gasteiger partial charge on any atom is 0.271 e. The van der Waals surface area contributed by atoms with Gasteiger partial charge in [0.25, 0.3) is 5.91 Å². The molecule has 122 valence electrons. The minimum Gasteiger partial charge on any atom is -0.354 e. The van der Waals surface area contributed by atoms with E-state index >= 15 is 0 Å². The number of piperidine rings is 2. The molecule has 0 radical (unpaired) electrons. The van der Waals surface area contributed by atoms with Gasteiger partial charge >= 0.3 is 0 Å². The van der Waals surface area contributed by atoms with Gasteiger partial charge in [0.2, 0.25) is 0 Å². The van der Waals surface area contributed by atoms with Crippen molar-refractivity contribution in [3.05, 3.63) is 18.0 Å². The lowest BCUT2D eigenvalue weighted by molar-refractivity contribution is 0.0955. The smallest absolute Gasteiger partial charge is 0.271 e. The van der Waals surface area contributed by atoms with Crippen LogP contribution in [0.25, 0.3) is 0 Å². The molecule has 1 amide bonds. The summed E-state index contributed by atoms with van der Waals surface area (Å²) in [7, 11) is 1.64. The van der Waals surface area contributed by atoms with Crippen LogP contribution in [0.4, 0.5) is 0 Å². The summed E-state index contributed by atoms with van der Waals surface area (Å²) in [5, 5.41) is 10.5. The first-order valence-electron chi connectivity index (χ1n) is 8.46. The summed E-state index contributed by atoms with van der Waals surface area (Å²) in [5.41, 5.74) is 0.512. The average Bonchev–Trinajstić information content (AvgIpc) is 3.05. The molecule has 1 aromatic rings. The fourth-order valence-electron chi connectivity index (χ4n) is 3.63. The van der Waals surface area contributed by atoms with Crippen LogP contribution in [-0.2, 0) is 0 Å². The predicted octanol–water partition coefficient (Wildman–Crippen LogP) is 0.879. The molecular weight excluding hydrogens is 278 g/mol. The minimum absolute atomic E-state index is 0.110. The van der Waals surface area contributed by atoms with E-state index in [2.05, 4.69) is 20.6 Å². The fourth-order valence-corrected chi connectivity index (χ4v) is 3.63. The number of amides is 1. The quantitative estimate of drug-likeness (QED) is 0.867. The van der Waals surface area contributed by atoms with Crippen LogP contribution < -0.4 is 10.6 Å². The second kappa shape index (κ2) is 7.24. The lowest BCUT2D eigenvalue weighted by Gasteiger charge is -2.36. The molecule has 2 saturated heterocycles. The molecule has 1 atom stereocenters. The van der Waals surface area contributed by atoms with Gasteiger partial charge in [0.1, 0.15) is 5.69 Å². The molecule has 0 saturated carbocycles. The third kappa shape index (κ3) is 3.67. The Kier molecular flexibility index (Phi) is 5.10. The Morgan fingerprint density at radius 2 is 2.23 bits per heavy atom. The molecule has 2 fully saturated rings. The number of hydrogen-bond donors (Lipinski definition) is 2. The number of nitrogens with zero attached hydrogens (tertiary/aromatic N) is 3. The maximum atomic E-state index is 11.6. The van der Waals surface area contributed by atoms with E-state index in [1.807, 2.05) is 16.9 Å². The van der Waals surface area contributed by atoms with E-state index in [9.17, 15) is 4.79 Å². The molecule has 3 heterocycles. The molecule has 2 aliphatic heterocycles. The zero-order valence-electron chi connectivity index (χ0n) is 13.4. The Bertz CT molecular complexity index is 494. The van der Waals surface area contributed by atoms with E-state index in [0.717, 1.165) is 32.0 Å². The summed E-state index contributed by atoms with van der Waals surface area (Å²) in [6, 6.07) is 2.21. The standard InChI is InChI=1S/C16H27N5O/c1-17-16(22)15-6-10-21(19-15)14-3-2-9-20(12-14)11-13-4-7-18-8-5-13/h6,10,13-14,18H,2-5,7-9,11-12H2,1H3,(H,17,22). The number of likely N-dealkylation sites (tertiary alicyclic amines) is 1. The topological polar surface area (TPSA) is 62.2 Å². The van der Waals surface area contributed by atoms with Gasteiger partial charge in [0.15, 0.2) is 0 Å². The zero-order chi connectivity index (χ0) is 15.4. The Morgan fingerprint density at radius 3 is 3.00 bits per heavy atom. The van der Waals surface area contributed by atoms with E-state index in [0.29, 0.717) is 11.7 Å². The van der Waals surface area contributed by atoms with Crippen LogP contribution in [0, 0.1) is 5.92 Å². The normalized spacial score (nSPS) is 24.3. The second-order valence-electron chi connectivity index (χ2n) is 6.51.